The van der Waals surface area contributed by atoms with E-state index in [1.54, 1.807) is 0 Å². The number of hydrogen-bond donors (Lipinski definition) is 3. The van der Waals surface area contributed by atoms with Gasteiger partial charge in [0.1, 0.15) is 5.82 Å². The van der Waals surface area contributed by atoms with Gasteiger partial charge in [-0.3, -0.25) is 0 Å². The quantitative estimate of drug-likeness (QED) is 0.707. The van der Waals surface area contributed by atoms with Crippen LogP contribution in [0.2, 0.25) is 0 Å². The molecule has 5 nitrogen and oxygen atoms in total. The summed E-state index contributed by atoms with van der Waals surface area (Å²) < 4.78 is 40.1. The third-order valence-corrected chi connectivity index (χ3v) is 5.83. The van der Waals surface area contributed by atoms with Crippen LogP contribution in [0.3, 0.4) is 0 Å². The van der Waals surface area contributed by atoms with E-state index in [0.29, 0.717) is 12.8 Å². The maximum atomic E-state index is 13.2. The summed E-state index contributed by atoms with van der Waals surface area (Å²) in [6, 6.07) is 2.06. The molecule has 0 unspecified atom stereocenters. The fourth-order valence-electron chi connectivity index (χ4n) is 2.27. The van der Waals surface area contributed by atoms with E-state index in [1.165, 1.54) is 0 Å². The van der Waals surface area contributed by atoms with Crippen LogP contribution in [-0.2, 0) is 10.0 Å². The predicted octanol–water partition coefficient (Wildman–Crippen LogP) is 1.75. The summed E-state index contributed by atoms with van der Waals surface area (Å²) in [4.78, 5) is -0.141. The summed E-state index contributed by atoms with van der Waals surface area (Å²) in [7, 11) is -3.86. The van der Waals surface area contributed by atoms with Crippen molar-refractivity contribution in [3.63, 3.8) is 0 Å². The number of aliphatic hydroxyl groups is 1. The van der Waals surface area contributed by atoms with Crippen molar-refractivity contribution in [2.45, 2.75) is 36.2 Å². The van der Waals surface area contributed by atoms with Crippen LogP contribution in [0.4, 0.5) is 10.1 Å². The van der Waals surface area contributed by atoms with Crippen molar-refractivity contribution in [3.8, 4) is 0 Å². The standard InChI is InChI=1S/C12H16BrFN2O3S/c13-8-5-9(14)10(15)6-11(8)20(18,19)16-7-12(17)3-1-2-4-12/h5-6,16-17H,1-4,7,15H2. The highest BCUT2D eigenvalue weighted by Gasteiger charge is 2.33. The lowest BCUT2D eigenvalue weighted by atomic mass is 10.0. The molecule has 1 aromatic carbocycles. The summed E-state index contributed by atoms with van der Waals surface area (Å²) in [5, 5.41) is 10.1. The van der Waals surface area contributed by atoms with E-state index in [4.69, 9.17) is 5.73 Å². The molecule has 4 N–H and O–H groups in total. The first-order chi connectivity index (χ1) is 9.23. The lowest BCUT2D eigenvalue weighted by molar-refractivity contribution is 0.0532. The van der Waals surface area contributed by atoms with Gasteiger partial charge in [0.05, 0.1) is 16.2 Å². The Labute approximate surface area is 125 Å². The highest BCUT2D eigenvalue weighted by Crippen LogP contribution is 2.30. The number of hydrogen-bond acceptors (Lipinski definition) is 4. The van der Waals surface area contributed by atoms with Gasteiger partial charge in [-0.1, -0.05) is 12.8 Å². The summed E-state index contributed by atoms with van der Waals surface area (Å²) in [5.74, 6) is -0.690. The molecule has 1 aliphatic rings. The minimum absolute atomic E-state index is 0.0565. The molecule has 2 rings (SSSR count). The lowest BCUT2D eigenvalue weighted by Crippen LogP contribution is -2.40. The number of halogens is 2. The van der Waals surface area contributed by atoms with E-state index in [0.717, 1.165) is 25.0 Å². The van der Waals surface area contributed by atoms with Crippen LogP contribution >= 0.6 is 15.9 Å². The topological polar surface area (TPSA) is 92.4 Å². The molecule has 0 aliphatic heterocycles. The summed E-state index contributed by atoms with van der Waals surface area (Å²) in [6.45, 7) is -0.0565. The van der Waals surface area contributed by atoms with Crippen LogP contribution in [0.1, 0.15) is 25.7 Å². The lowest BCUT2D eigenvalue weighted by Gasteiger charge is -2.22. The van der Waals surface area contributed by atoms with E-state index in [2.05, 4.69) is 20.7 Å². The van der Waals surface area contributed by atoms with E-state index >= 15 is 0 Å². The van der Waals surface area contributed by atoms with Crippen molar-refractivity contribution in [1.29, 1.82) is 0 Å². The molecule has 0 heterocycles. The van der Waals surface area contributed by atoms with E-state index in [9.17, 15) is 17.9 Å². The van der Waals surface area contributed by atoms with E-state index < -0.39 is 21.4 Å². The zero-order chi connectivity index (χ0) is 15.0. The highest BCUT2D eigenvalue weighted by molar-refractivity contribution is 9.10. The van der Waals surface area contributed by atoms with Crippen molar-refractivity contribution in [1.82, 2.24) is 4.72 Å². The Bertz CT molecular complexity index is 615. The Morgan fingerprint density at radius 2 is 2.00 bits per heavy atom. The molecule has 0 bridgehead atoms. The summed E-state index contributed by atoms with van der Waals surface area (Å²) >= 11 is 3.01. The molecule has 112 valence electrons. The monoisotopic (exact) mass is 366 g/mol. The average Bonchev–Trinajstić information content (AvgIpc) is 2.79. The SMILES string of the molecule is Nc1cc(S(=O)(=O)NCC2(O)CCCC2)c(Br)cc1F. The fraction of sp³-hybridized carbons (Fsp3) is 0.500. The van der Waals surface area contributed by atoms with Gasteiger partial charge in [-0.2, -0.15) is 0 Å². The number of benzene rings is 1. The molecule has 1 aromatic rings. The molecule has 0 spiro atoms. The Kier molecular flexibility index (Phi) is 4.38. The molecular weight excluding hydrogens is 351 g/mol. The maximum absolute atomic E-state index is 13.2. The van der Waals surface area contributed by atoms with Crippen LogP contribution < -0.4 is 10.5 Å². The average molecular weight is 367 g/mol. The largest absolute Gasteiger partial charge is 0.396 e. The van der Waals surface area contributed by atoms with Gasteiger partial charge in [0, 0.05) is 11.0 Å². The van der Waals surface area contributed by atoms with Crippen LogP contribution in [0.15, 0.2) is 21.5 Å². The molecule has 0 atom stereocenters. The van der Waals surface area contributed by atoms with E-state index in [1.807, 2.05) is 0 Å². The van der Waals surface area contributed by atoms with Crippen LogP contribution in [0, 0.1) is 5.82 Å². The Morgan fingerprint density at radius 3 is 2.60 bits per heavy atom. The molecule has 0 radical (unpaired) electrons. The first kappa shape index (κ1) is 15.7. The number of nitrogens with one attached hydrogen (secondary N) is 1. The molecular formula is C12H16BrFN2O3S. The van der Waals surface area contributed by atoms with Crippen LogP contribution in [0.5, 0.6) is 0 Å². The smallest absolute Gasteiger partial charge is 0.241 e. The first-order valence-electron chi connectivity index (χ1n) is 6.20. The van der Waals surface area contributed by atoms with Gasteiger partial charge >= 0.3 is 0 Å². The molecule has 0 saturated heterocycles. The van der Waals surface area contributed by atoms with Crippen molar-refractivity contribution < 1.29 is 17.9 Å². The molecule has 1 saturated carbocycles. The van der Waals surface area contributed by atoms with E-state index in [-0.39, 0.29) is 21.6 Å². The van der Waals surface area contributed by atoms with Gasteiger partial charge in [0.25, 0.3) is 0 Å². The third kappa shape index (κ3) is 3.30. The number of nitrogens with two attached hydrogens (primary N) is 1. The van der Waals surface area contributed by atoms with Crippen molar-refractivity contribution >= 4 is 31.6 Å². The highest BCUT2D eigenvalue weighted by atomic mass is 79.9. The zero-order valence-electron chi connectivity index (χ0n) is 10.7. The predicted molar refractivity (Wildman–Crippen MR) is 77.1 cm³/mol. The summed E-state index contributed by atoms with van der Waals surface area (Å²) in [5.41, 5.74) is 4.16. The molecule has 1 aliphatic carbocycles. The van der Waals surface area contributed by atoms with Gasteiger partial charge in [-0.05, 0) is 40.9 Å². The van der Waals surface area contributed by atoms with Crippen LogP contribution in [-0.4, -0.2) is 25.7 Å². The van der Waals surface area contributed by atoms with Gasteiger partial charge in [0.2, 0.25) is 10.0 Å². The van der Waals surface area contributed by atoms with Gasteiger partial charge < -0.3 is 10.8 Å². The number of nitrogen functional groups attached to an aromatic ring is 1. The molecule has 0 amide bonds. The third-order valence-electron chi connectivity index (χ3n) is 3.47. The van der Waals surface area contributed by atoms with Crippen molar-refractivity contribution in [3.05, 3.63) is 22.4 Å². The van der Waals surface area contributed by atoms with Gasteiger partial charge in [-0.25, -0.2) is 17.5 Å². The van der Waals surface area contributed by atoms with Crippen LogP contribution in [0.25, 0.3) is 0 Å². The van der Waals surface area contributed by atoms with Crippen molar-refractivity contribution in [2.24, 2.45) is 0 Å². The molecule has 0 aromatic heterocycles. The second kappa shape index (κ2) is 5.59. The minimum Gasteiger partial charge on any atom is -0.396 e. The Morgan fingerprint density at radius 1 is 1.40 bits per heavy atom. The second-order valence-corrected chi connectivity index (χ2v) is 7.65. The number of anilines is 1. The molecule has 8 heteroatoms. The van der Waals surface area contributed by atoms with Gasteiger partial charge in [0.15, 0.2) is 0 Å². The normalized spacial score (nSPS) is 18.4. The number of sulfonamides is 1. The molecule has 20 heavy (non-hydrogen) atoms. The zero-order valence-corrected chi connectivity index (χ0v) is 13.1. The minimum atomic E-state index is -3.86. The fourth-order valence-corrected chi connectivity index (χ4v) is 4.43. The maximum Gasteiger partial charge on any atom is 0.241 e. The Hall–Kier alpha value is -0.700. The van der Waals surface area contributed by atoms with Gasteiger partial charge in [-0.15, -0.1) is 0 Å². The summed E-state index contributed by atoms with van der Waals surface area (Å²) in [6.07, 6.45) is 2.90. The number of rotatable bonds is 4. The van der Waals surface area contributed by atoms with Crippen molar-refractivity contribution in [2.75, 3.05) is 12.3 Å². The Balaban J connectivity index is 2.20. The first-order valence-corrected chi connectivity index (χ1v) is 8.48. The molecule has 1 fully saturated rings. The second-order valence-electron chi connectivity index (χ2n) is 5.06.